The molecule has 4 heteroatoms. The van der Waals surface area contributed by atoms with Crippen LogP contribution < -0.4 is 5.63 Å². The zero-order chi connectivity index (χ0) is 8.27. The molecule has 0 aromatic carbocycles. The van der Waals surface area contributed by atoms with Crippen molar-refractivity contribution < 1.29 is 4.42 Å². The molecule has 0 spiro atoms. The minimum absolute atomic E-state index is 0.0520. The molecule has 0 amide bonds. The number of hydrogen-bond donors (Lipinski definition) is 0. The van der Waals surface area contributed by atoms with E-state index in [1.165, 1.54) is 12.1 Å². The SMILES string of the molecule is C=Cc1cc(N=O)cc(=O)o1. The molecule has 0 unspecified atom stereocenters. The number of nitrogens with zero attached hydrogens (tertiary/aromatic N) is 1. The Morgan fingerprint density at radius 1 is 1.55 bits per heavy atom. The van der Waals surface area contributed by atoms with Crippen LogP contribution in [0.2, 0.25) is 0 Å². The molecule has 0 N–H and O–H groups in total. The summed E-state index contributed by atoms with van der Waals surface area (Å²) in [4.78, 5) is 20.6. The Labute approximate surface area is 62.1 Å². The van der Waals surface area contributed by atoms with Crippen LogP contribution in [0.3, 0.4) is 0 Å². The molecule has 0 aliphatic rings. The van der Waals surface area contributed by atoms with Crippen molar-refractivity contribution in [2.45, 2.75) is 0 Å². The lowest BCUT2D eigenvalue weighted by atomic mass is 10.3. The van der Waals surface area contributed by atoms with Gasteiger partial charge in [0.1, 0.15) is 11.4 Å². The van der Waals surface area contributed by atoms with Crippen LogP contribution in [0.25, 0.3) is 6.08 Å². The molecule has 1 aromatic rings. The predicted octanol–water partition coefficient (Wildman–Crippen LogP) is 1.68. The van der Waals surface area contributed by atoms with Crippen LogP contribution in [0.5, 0.6) is 0 Å². The molecule has 4 nitrogen and oxygen atoms in total. The van der Waals surface area contributed by atoms with Crippen molar-refractivity contribution in [2.24, 2.45) is 5.18 Å². The zero-order valence-electron chi connectivity index (χ0n) is 5.61. The summed E-state index contributed by atoms with van der Waals surface area (Å²) >= 11 is 0. The lowest BCUT2D eigenvalue weighted by Crippen LogP contribution is -1.95. The first-order valence-corrected chi connectivity index (χ1v) is 2.87. The molecule has 0 aliphatic heterocycles. The largest absolute Gasteiger partial charge is 0.423 e. The van der Waals surface area contributed by atoms with Crippen molar-refractivity contribution in [2.75, 3.05) is 0 Å². The van der Waals surface area contributed by atoms with E-state index >= 15 is 0 Å². The second-order valence-electron chi connectivity index (χ2n) is 1.83. The molecular weight excluding hydrogens is 146 g/mol. The van der Waals surface area contributed by atoms with Gasteiger partial charge in [-0.15, -0.1) is 4.91 Å². The number of rotatable bonds is 2. The van der Waals surface area contributed by atoms with E-state index < -0.39 is 5.63 Å². The van der Waals surface area contributed by atoms with Gasteiger partial charge in [-0.1, -0.05) is 6.58 Å². The average Bonchev–Trinajstić information content (AvgIpc) is 2.03. The molecule has 0 bridgehead atoms. The lowest BCUT2D eigenvalue weighted by Gasteiger charge is -1.89. The Bertz CT molecular complexity index is 311. The summed E-state index contributed by atoms with van der Waals surface area (Å²) in [5.74, 6) is 0.243. The van der Waals surface area contributed by atoms with E-state index in [1.807, 2.05) is 0 Å². The molecule has 11 heavy (non-hydrogen) atoms. The van der Waals surface area contributed by atoms with Crippen molar-refractivity contribution >= 4 is 11.8 Å². The molecule has 0 radical (unpaired) electrons. The molecule has 1 heterocycles. The Morgan fingerprint density at radius 2 is 2.27 bits per heavy atom. The van der Waals surface area contributed by atoms with Gasteiger partial charge in [0, 0.05) is 6.07 Å². The van der Waals surface area contributed by atoms with Crippen molar-refractivity contribution in [1.82, 2.24) is 0 Å². The summed E-state index contributed by atoms with van der Waals surface area (Å²) in [5, 5.41) is 2.58. The van der Waals surface area contributed by atoms with Crippen LogP contribution in [0.1, 0.15) is 5.76 Å². The fourth-order valence-corrected chi connectivity index (χ4v) is 0.637. The maximum Gasteiger partial charge on any atom is 0.338 e. The normalized spacial score (nSPS) is 9.09. The first-order valence-electron chi connectivity index (χ1n) is 2.87. The van der Waals surface area contributed by atoms with Gasteiger partial charge in [0.25, 0.3) is 0 Å². The molecule has 56 valence electrons. The summed E-state index contributed by atoms with van der Waals surface area (Å²) < 4.78 is 4.60. The van der Waals surface area contributed by atoms with E-state index in [9.17, 15) is 9.70 Å². The summed E-state index contributed by atoms with van der Waals surface area (Å²) in [6.07, 6.45) is 1.33. The van der Waals surface area contributed by atoms with Gasteiger partial charge in [-0.25, -0.2) is 4.79 Å². The van der Waals surface area contributed by atoms with Crippen LogP contribution in [0.4, 0.5) is 5.69 Å². The molecule has 1 rings (SSSR count). The number of hydrogen-bond acceptors (Lipinski definition) is 4. The summed E-state index contributed by atoms with van der Waals surface area (Å²) in [7, 11) is 0. The second kappa shape index (κ2) is 2.92. The Kier molecular flexibility index (Phi) is 1.96. The zero-order valence-corrected chi connectivity index (χ0v) is 5.61. The topological polar surface area (TPSA) is 59.6 Å². The van der Waals surface area contributed by atoms with Crippen LogP contribution in [-0.2, 0) is 0 Å². The van der Waals surface area contributed by atoms with E-state index in [2.05, 4.69) is 16.2 Å². The van der Waals surface area contributed by atoms with Gasteiger partial charge >= 0.3 is 5.63 Å². The lowest BCUT2D eigenvalue weighted by molar-refractivity contribution is 0.502. The Hall–Kier alpha value is -1.71. The molecule has 0 saturated heterocycles. The number of nitroso groups, excluding NO2 is 1. The van der Waals surface area contributed by atoms with Crippen molar-refractivity contribution in [1.29, 1.82) is 0 Å². The summed E-state index contributed by atoms with van der Waals surface area (Å²) in [6, 6.07) is 2.35. The van der Waals surface area contributed by atoms with Gasteiger partial charge < -0.3 is 4.42 Å². The minimum Gasteiger partial charge on any atom is -0.423 e. The van der Waals surface area contributed by atoms with Gasteiger partial charge in [-0.05, 0) is 11.3 Å². The first-order chi connectivity index (χ1) is 5.26. The van der Waals surface area contributed by atoms with Crippen molar-refractivity contribution in [3.05, 3.63) is 39.8 Å². The van der Waals surface area contributed by atoms with E-state index in [4.69, 9.17) is 0 Å². The maximum atomic E-state index is 10.6. The molecule has 0 atom stereocenters. The maximum absolute atomic E-state index is 10.6. The van der Waals surface area contributed by atoms with Crippen LogP contribution in [-0.4, -0.2) is 0 Å². The molecule has 0 fully saturated rings. The highest BCUT2D eigenvalue weighted by Gasteiger charge is 1.96. The smallest absolute Gasteiger partial charge is 0.338 e. The van der Waals surface area contributed by atoms with E-state index in [-0.39, 0.29) is 11.4 Å². The van der Waals surface area contributed by atoms with Gasteiger partial charge in [0.15, 0.2) is 0 Å². The Balaban J connectivity index is 3.33. The highest BCUT2D eigenvalue weighted by Crippen LogP contribution is 2.10. The van der Waals surface area contributed by atoms with E-state index in [1.54, 1.807) is 0 Å². The van der Waals surface area contributed by atoms with Crippen molar-refractivity contribution in [3.63, 3.8) is 0 Å². The monoisotopic (exact) mass is 151 g/mol. The van der Waals surface area contributed by atoms with Gasteiger partial charge in [-0.3, -0.25) is 0 Å². The summed E-state index contributed by atoms with van der Waals surface area (Å²) in [6.45, 7) is 3.37. The molecule has 0 aliphatic carbocycles. The fraction of sp³-hybridized carbons (Fsp3) is 0. The average molecular weight is 151 g/mol. The van der Waals surface area contributed by atoms with Gasteiger partial charge in [-0.2, -0.15) is 0 Å². The summed E-state index contributed by atoms with van der Waals surface area (Å²) in [5.41, 5.74) is -0.548. The van der Waals surface area contributed by atoms with E-state index in [0.717, 1.165) is 6.07 Å². The second-order valence-corrected chi connectivity index (χ2v) is 1.83. The van der Waals surface area contributed by atoms with Crippen LogP contribution in [0.15, 0.2) is 33.1 Å². The quantitative estimate of drug-likeness (QED) is 0.604. The first kappa shape index (κ1) is 7.40. The Morgan fingerprint density at radius 3 is 2.82 bits per heavy atom. The predicted molar refractivity (Wildman–Crippen MR) is 40.5 cm³/mol. The highest BCUT2D eigenvalue weighted by molar-refractivity contribution is 5.46. The minimum atomic E-state index is -0.600. The van der Waals surface area contributed by atoms with Crippen molar-refractivity contribution in [3.8, 4) is 0 Å². The molecular formula is C7H5NO3. The fourth-order valence-electron chi connectivity index (χ4n) is 0.637. The van der Waals surface area contributed by atoms with E-state index in [0.29, 0.717) is 0 Å². The van der Waals surface area contributed by atoms with Crippen LogP contribution in [0, 0.1) is 4.91 Å². The highest BCUT2D eigenvalue weighted by atomic mass is 16.4. The molecule has 1 aromatic heterocycles. The van der Waals surface area contributed by atoms with Gasteiger partial charge in [0.05, 0.1) is 6.07 Å². The van der Waals surface area contributed by atoms with Gasteiger partial charge in [0.2, 0.25) is 0 Å². The molecule has 0 saturated carbocycles. The third-order valence-electron chi connectivity index (χ3n) is 1.08. The third-order valence-corrected chi connectivity index (χ3v) is 1.08. The van der Waals surface area contributed by atoms with Crippen LogP contribution >= 0.6 is 0 Å². The standard InChI is InChI=1S/C7H5NO3/c1-2-6-3-5(8-10)4-7(9)11-6/h2-4H,1H2. The third kappa shape index (κ3) is 1.61.